The molecule has 1 aliphatic rings. The summed E-state index contributed by atoms with van der Waals surface area (Å²) in [4.78, 5) is 14.2. The number of amides is 1. The Balaban J connectivity index is 1.58. The van der Waals surface area contributed by atoms with Gasteiger partial charge in [-0.15, -0.1) is 10.2 Å². The van der Waals surface area contributed by atoms with E-state index < -0.39 is 0 Å². The van der Waals surface area contributed by atoms with E-state index in [-0.39, 0.29) is 11.7 Å². The first-order chi connectivity index (χ1) is 11.1. The standard InChI is InChI=1S/C16H19N3O3S/c1-11-4-2-3-9-19(11)14(21)10-23-16-18-17-15(22-16)12-5-7-13(20)8-6-12/h5-8,11,20H,2-4,9-10H2,1H3. The molecular weight excluding hydrogens is 314 g/mol. The maximum atomic E-state index is 12.3. The molecule has 7 heteroatoms. The summed E-state index contributed by atoms with van der Waals surface area (Å²) in [6.45, 7) is 2.93. The van der Waals surface area contributed by atoms with Gasteiger partial charge in [0.1, 0.15) is 5.75 Å². The third kappa shape index (κ3) is 3.85. The Morgan fingerprint density at radius 1 is 1.35 bits per heavy atom. The van der Waals surface area contributed by atoms with E-state index in [0.29, 0.717) is 22.9 Å². The summed E-state index contributed by atoms with van der Waals surface area (Å²) < 4.78 is 5.56. The normalized spacial score (nSPS) is 18.1. The number of nitrogens with zero attached hydrogens (tertiary/aromatic N) is 3. The minimum absolute atomic E-state index is 0.117. The number of hydrogen-bond acceptors (Lipinski definition) is 6. The molecule has 0 bridgehead atoms. The fourth-order valence-electron chi connectivity index (χ4n) is 2.66. The lowest BCUT2D eigenvalue weighted by Crippen LogP contribution is -2.42. The lowest BCUT2D eigenvalue weighted by molar-refractivity contribution is -0.131. The van der Waals surface area contributed by atoms with Crippen molar-refractivity contribution in [3.63, 3.8) is 0 Å². The predicted octanol–water partition coefficient (Wildman–Crippen LogP) is 2.94. The van der Waals surface area contributed by atoms with E-state index in [1.807, 2.05) is 4.90 Å². The third-order valence-electron chi connectivity index (χ3n) is 3.96. The molecule has 1 aromatic carbocycles. The van der Waals surface area contributed by atoms with Crippen LogP contribution in [0, 0.1) is 0 Å². The summed E-state index contributed by atoms with van der Waals surface area (Å²) in [6.07, 6.45) is 3.34. The van der Waals surface area contributed by atoms with Crippen LogP contribution in [0.1, 0.15) is 26.2 Å². The van der Waals surface area contributed by atoms with Crippen LogP contribution in [0.25, 0.3) is 11.5 Å². The number of aromatic hydroxyl groups is 1. The Hall–Kier alpha value is -2.02. The zero-order chi connectivity index (χ0) is 16.2. The summed E-state index contributed by atoms with van der Waals surface area (Å²) in [5.74, 6) is 0.989. The molecule has 23 heavy (non-hydrogen) atoms. The van der Waals surface area contributed by atoms with Gasteiger partial charge in [-0.1, -0.05) is 11.8 Å². The topological polar surface area (TPSA) is 79.5 Å². The molecule has 1 amide bonds. The molecule has 0 aliphatic carbocycles. The fourth-order valence-corrected chi connectivity index (χ4v) is 3.31. The smallest absolute Gasteiger partial charge is 0.277 e. The lowest BCUT2D eigenvalue weighted by Gasteiger charge is -2.33. The molecule has 0 radical (unpaired) electrons. The van der Waals surface area contributed by atoms with Crippen LogP contribution in [0.4, 0.5) is 0 Å². The number of carbonyl (C=O) groups excluding carboxylic acids is 1. The van der Waals surface area contributed by atoms with E-state index in [0.717, 1.165) is 24.9 Å². The third-order valence-corrected chi connectivity index (χ3v) is 4.77. The van der Waals surface area contributed by atoms with Crippen LogP contribution >= 0.6 is 11.8 Å². The molecule has 1 aromatic heterocycles. The molecule has 0 saturated carbocycles. The van der Waals surface area contributed by atoms with Crippen LogP contribution in [0.5, 0.6) is 5.75 Å². The van der Waals surface area contributed by atoms with E-state index in [4.69, 9.17) is 4.42 Å². The highest BCUT2D eigenvalue weighted by molar-refractivity contribution is 7.99. The van der Waals surface area contributed by atoms with Gasteiger partial charge in [-0.3, -0.25) is 4.79 Å². The maximum Gasteiger partial charge on any atom is 0.277 e. The van der Waals surface area contributed by atoms with Crippen molar-refractivity contribution >= 4 is 17.7 Å². The zero-order valence-corrected chi connectivity index (χ0v) is 13.8. The van der Waals surface area contributed by atoms with Gasteiger partial charge in [0, 0.05) is 18.2 Å². The lowest BCUT2D eigenvalue weighted by atomic mass is 10.0. The molecule has 2 aromatic rings. The van der Waals surface area contributed by atoms with Gasteiger partial charge in [-0.05, 0) is 50.5 Å². The SMILES string of the molecule is CC1CCCCN1C(=O)CSc1nnc(-c2ccc(O)cc2)o1. The van der Waals surface area contributed by atoms with E-state index in [1.54, 1.807) is 24.3 Å². The molecule has 1 fully saturated rings. The number of thioether (sulfide) groups is 1. The highest BCUT2D eigenvalue weighted by Crippen LogP contribution is 2.25. The number of aromatic nitrogens is 2. The molecule has 1 unspecified atom stereocenters. The van der Waals surface area contributed by atoms with Crippen LogP contribution in [0.2, 0.25) is 0 Å². The minimum Gasteiger partial charge on any atom is -0.508 e. The number of benzene rings is 1. The van der Waals surface area contributed by atoms with Crippen molar-refractivity contribution in [2.24, 2.45) is 0 Å². The van der Waals surface area contributed by atoms with Gasteiger partial charge < -0.3 is 14.4 Å². The Labute approximate surface area is 138 Å². The van der Waals surface area contributed by atoms with Crippen LogP contribution in [0.3, 0.4) is 0 Å². The van der Waals surface area contributed by atoms with Gasteiger partial charge in [-0.25, -0.2) is 0 Å². The number of likely N-dealkylation sites (tertiary alicyclic amines) is 1. The van der Waals surface area contributed by atoms with Gasteiger partial charge in [0.25, 0.3) is 5.22 Å². The highest BCUT2D eigenvalue weighted by Gasteiger charge is 2.23. The van der Waals surface area contributed by atoms with Gasteiger partial charge in [0.05, 0.1) is 5.75 Å². The molecule has 2 heterocycles. The molecule has 6 nitrogen and oxygen atoms in total. The first kappa shape index (κ1) is 15.9. The number of carbonyl (C=O) groups is 1. The van der Waals surface area contributed by atoms with Gasteiger partial charge in [0.2, 0.25) is 11.8 Å². The molecule has 1 saturated heterocycles. The second-order valence-corrected chi connectivity index (χ2v) is 6.57. The van der Waals surface area contributed by atoms with Gasteiger partial charge in [-0.2, -0.15) is 0 Å². The van der Waals surface area contributed by atoms with Crippen molar-refractivity contribution in [3.8, 4) is 17.2 Å². The van der Waals surface area contributed by atoms with Gasteiger partial charge in [0.15, 0.2) is 0 Å². The first-order valence-corrected chi connectivity index (χ1v) is 8.67. The number of rotatable bonds is 4. The summed E-state index contributed by atoms with van der Waals surface area (Å²) in [7, 11) is 0. The average Bonchev–Trinajstić information content (AvgIpc) is 3.03. The molecule has 1 atom stereocenters. The van der Waals surface area contributed by atoms with E-state index in [9.17, 15) is 9.90 Å². The fraction of sp³-hybridized carbons (Fsp3) is 0.438. The number of phenolic OH excluding ortho intramolecular Hbond substituents is 1. The highest BCUT2D eigenvalue weighted by atomic mass is 32.2. The summed E-state index contributed by atoms with van der Waals surface area (Å²) in [5, 5.41) is 17.6. The average molecular weight is 333 g/mol. The number of phenols is 1. The molecule has 3 rings (SSSR count). The second kappa shape index (κ2) is 7.04. The van der Waals surface area contributed by atoms with Crippen molar-refractivity contribution in [3.05, 3.63) is 24.3 Å². The van der Waals surface area contributed by atoms with Gasteiger partial charge >= 0.3 is 0 Å². The Morgan fingerprint density at radius 2 is 2.13 bits per heavy atom. The maximum absolute atomic E-state index is 12.3. The summed E-state index contributed by atoms with van der Waals surface area (Å²) >= 11 is 1.26. The minimum atomic E-state index is 0.117. The monoisotopic (exact) mass is 333 g/mol. The van der Waals surface area contributed by atoms with E-state index >= 15 is 0 Å². The predicted molar refractivity (Wildman–Crippen MR) is 87.1 cm³/mol. The molecule has 1 N–H and O–H groups in total. The Kier molecular flexibility index (Phi) is 4.85. The molecule has 122 valence electrons. The van der Waals surface area contributed by atoms with E-state index in [1.165, 1.54) is 18.2 Å². The van der Waals surface area contributed by atoms with Crippen LogP contribution < -0.4 is 0 Å². The van der Waals surface area contributed by atoms with Crippen molar-refractivity contribution in [1.29, 1.82) is 0 Å². The Morgan fingerprint density at radius 3 is 2.87 bits per heavy atom. The van der Waals surface area contributed by atoms with Crippen LogP contribution in [-0.4, -0.2) is 44.5 Å². The summed E-state index contributed by atoms with van der Waals surface area (Å²) in [6, 6.07) is 6.85. The van der Waals surface area contributed by atoms with Crippen LogP contribution in [0.15, 0.2) is 33.9 Å². The van der Waals surface area contributed by atoms with Crippen LogP contribution in [-0.2, 0) is 4.79 Å². The van der Waals surface area contributed by atoms with Crippen molar-refractivity contribution in [2.75, 3.05) is 12.3 Å². The largest absolute Gasteiger partial charge is 0.508 e. The van der Waals surface area contributed by atoms with Crippen molar-refractivity contribution in [2.45, 2.75) is 37.5 Å². The van der Waals surface area contributed by atoms with Crippen molar-refractivity contribution in [1.82, 2.24) is 15.1 Å². The first-order valence-electron chi connectivity index (χ1n) is 7.68. The Bertz CT molecular complexity index is 671. The quantitative estimate of drug-likeness (QED) is 0.867. The second-order valence-electron chi connectivity index (χ2n) is 5.64. The molecular formula is C16H19N3O3S. The van der Waals surface area contributed by atoms with Crippen molar-refractivity contribution < 1.29 is 14.3 Å². The number of piperidine rings is 1. The van der Waals surface area contributed by atoms with E-state index in [2.05, 4.69) is 17.1 Å². The summed E-state index contributed by atoms with van der Waals surface area (Å²) in [5.41, 5.74) is 0.734. The molecule has 1 aliphatic heterocycles. The number of hydrogen-bond donors (Lipinski definition) is 1. The zero-order valence-electron chi connectivity index (χ0n) is 12.9. The molecule has 0 spiro atoms.